The first-order valence-corrected chi connectivity index (χ1v) is 7.61. The minimum absolute atomic E-state index is 0.0239. The van der Waals surface area contributed by atoms with Crippen LogP contribution in [0, 0.1) is 5.82 Å². The number of amides is 1. The van der Waals surface area contributed by atoms with Gasteiger partial charge in [0, 0.05) is 11.7 Å². The SMILES string of the molecule is Nc1ccc(S(=O)CC(=O)NC2CCCC2)c(F)c1. The van der Waals surface area contributed by atoms with Crippen LogP contribution in [0.15, 0.2) is 23.1 Å². The van der Waals surface area contributed by atoms with Gasteiger partial charge in [-0.05, 0) is 31.0 Å². The number of anilines is 1. The van der Waals surface area contributed by atoms with E-state index in [1.54, 1.807) is 0 Å². The number of carbonyl (C=O) groups excluding carboxylic acids is 1. The highest BCUT2D eigenvalue weighted by Gasteiger charge is 2.19. The zero-order valence-electron chi connectivity index (χ0n) is 10.5. The van der Waals surface area contributed by atoms with Crippen molar-refractivity contribution < 1.29 is 13.4 Å². The molecule has 0 aromatic heterocycles. The minimum Gasteiger partial charge on any atom is -0.399 e. The number of hydrogen-bond donors (Lipinski definition) is 2. The third-order valence-corrected chi connectivity index (χ3v) is 4.53. The second kappa shape index (κ2) is 6.14. The molecule has 3 N–H and O–H groups in total. The smallest absolute Gasteiger partial charge is 0.233 e. The van der Waals surface area contributed by atoms with Crippen LogP contribution in [0.4, 0.5) is 10.1 Å². The predicted octanol–water partition coefficient (Wildman–Crippen LogP) is 1.57. The Balaban J connectivity index is 1.94. The van der Waals surface area contributed by atoms with Gasteiger partial charge in [-0.1, -0.05) is 12.8 Å². The van der Waals surface area contributed by atoms with Gasteiger partial charge in [0.25, 0.3) is 0 Å². The summed E-state index contributed by atoms with van der Waals surface area (Å²) in [5, 5.41) is 2.83. The largest absolute Gasteiger partial charge is 0.399 e. The van der Waals surface area contributed by atoms with Crippen molar-refractivity contribution in [3.8, 4) is 0 Å². The molecule has 0 aliphatic heterocycles. The maximum atomic E-state index is 13.6. The van der Waals surface area contributed by atoms with Crippen molar-refractivity contribution in [3.05, 3.63) is 24.0 Å². The van der Waals surface area contributed by atoms with Gasteiger partial charge < -0.3 is 11.1 Å². The molecule has 0 saturated heterocycles. The van der Waals surface area contributed by atoms with E-state index in [2.05, 4.69) is 5.32 Å². The van der Waals surface area contributed by atoms with Crippen molar-refractivity contribution in [2.24, 2.45) is 0 Å². The van der Waals surface area contributed by atoms with Gasteiger partial charge >= 0.3 is 0 Å². The Bertz CT molecular complexity index is 501. The first-order valence-electron chi connectivity index (χ1n) is 6.29. The van der Waals surface area contributed by atoms with Crippen LogP contribution in [0.2, 0.25) is 0 Å². The van der Waals surface area contributed by atoms with E-state index in [0.29, 0.717) is 0 Å². The third kappa shape index (κ3) is 3.76. The van der Waals surface area contributed by atoms with E-state index in [9.17, 15) is 13.4 Å². The first-order chi connectivity index (χ1) is 9.06. The second-order valence-electron chi connectivity index (χ2n) is 4.73. The van der Waals surface area contributed by atoms with Gasteiger partial charge in [0.05, 0.1) is 15.7 Å². The lowest BCUT2D eigenvalue weighted by Gasteiger charge is -2.11. The van der Waals surface area contributed by atoms with Gasteiger partial charge in [0.2, 0.25) is 5.91 Å². The van der Waals surface area contributed by atoms with E-state index in [1.165, 1.54) is 12.1 Å². The molecule has 1 aromatic rings. The number of carbonyl (C=O) groups is 1. The fraction of sp³-hybridized carbons (Fsp3) is 0.462. The van der Waals surface area contributed by atoms with Gasteiger partial charge in [-0.25, -0.2) is 4.39 Å². The molecular weight excluding hydrogens is 267 g/mol. The van der Waals surface area contributed by atoms with Gasteiger partial charge in [-0.3, -0.25) is 9.00 Å². The molecule has 0 bridgehead atoms. The minimum atomic E-state index is -1.68. The second-order valence-corrected chi connectivity index (χ2v) is 6.15. The first kappa shape index (κ1) is 14.0. The molecule has 1 atom stereocenters. The Morgan fingerprint density at radius 2 is 2.11 bits per heavy atom. The highest BCUT2D eigenvalue weighted by atomic mass is 32.2. The molecule has 1 amide bonds. The van der Waals surface area contributed by atoms with Crippen LogP contribution >= 0.6 is 0 Å². The van der Waals surface area contributed by atoms with Crippen LogP contribution in [-0.2, 0) is 15.6 Å². The number of halogens is 1. The Hall–Kier alpha value is -1.43. The van der Waals surface area contributed by atoms with Crippen LogP contribution < -0.4 is 11.1 Å². The van der Waals surface area contributed by atoms with Gasteiger partial charge in [-0.2, -0.15) is 0 Å². The van der Waals surface area contributed by atoms with Crippen LogP contribution in [0.3, 0.4) is 0 Å². The topological polar surface area (TPSA) is 72.2 Å². The van der Waals surface area contributed by atoms with E-state index in [1.807, 2.05) is 0 Å². The molecule has 6 heteroatoms. The predicted molar refractivity (Wildman–Crippen MR) is 72.5 cm³/mol. The standard InChI is InChI=1S/C13H17FN2O2S/c14-11-7-9(15)5-6-12(11)19(18)8-13(17)16-10-3-1-2-4-10/h5-7,10H,1-4,8,15H2,(H,16,17). The average molecular weight is 284 g/mol. The van der Waals surface area contributed by atoms with E-state index >= 15 is 0 Å². The van der Waals surface area contributed by atoms with Crippen LogP contribution in [0.1, 0.15) is 25.7 Å². The Morgan fingerprint density at radius 3 is 2.74 bits per heavy atom. The highest BCUT2D eigenvalue weighted by molar-refractivity contribution is 7.85. The summed E-state index contributed by atoms with van der Waals surface area (Å²) in [5.74, 6) is -1.13. The Labute approximate surface area is 114 Å². The van der Waals surface area contributed by atoms with Crippen molar-refractivity contribution in [2.75, 3.05) is 11.5 Å². The molecule has 19 heavy (non-hydrogen) atoms. The summed E-state index contributed by atoms with van der Waals surface area (Å²) < 4.78 is 25.5. The van der Waals surface area contributed by atoms with Gasteiger partial charge in [-0.15, -0.1) is 0 Å². The summed E-state index contributed by atoms with van der Waals surface area (Å²) in [4.78, 5) is 11.7. The van der Waals surface area contributed by atoms with Crippen molar-refractivity contribution in [2.45, 2.75) is 36.6 Å². The highest BCUT2D eigenvalue weighted by Crippen LogP contribution is 2.18. The normalized spacial score (nSPS) is 17.3. The molecule has 1 aromatic carbocycles. The van der Waals surface area contributed by atoms with Crippen LogP contribution in [0.5, 0.6) is 0 Å². The van der Waals surface area contributed by atoms with Crippen LogP contribution in [0.25, 0.3) is 0 Å². The average Bonchev–Trinajstić information content (AvgIpc) is 2.81. The fourth-order valence-corrected chi connectivity index (χ4v) is 3.21. The summed E-state index contributed by atoms with van der Waals surface area (Å²) in [6, 6.07) is 4.14. The number of nitrogen functional groups attached to an aromatic ring is 1. The van der Waals surface area contributed by atoms with Gasteiger partial charge in [0.15, 0.2) is 0 Å². The molecule has 4 nitrogen and oxygen atoms in total. The summed E-state index contributed by atoms with van der Waals surface area (Å²) >= 11 is 0. The van der Waals surface area contributed by atoms with Crippen molar-refractivity contribution >= 4 is 22.4 Å². The third-order valence-electron chi connectivity index (χ3n) is 3.18. The summed E-state index contributed by atoms with van der Waals surface area (Å²) in [6.07, 6.45) is 4.16. The molecule has 0 radical (unpaired) electrons. The fourth-order valence-electron chi connectivity index (χ4n) is 2.24. The quantitative estimate of drug-likeness (QED) is 0.824. The number of nitrogens with two attached hydrogens (primary N) is 1. The number of benzene rings is 1. The van der Waals surface area contributed by atoms with Gasteiger partial charge in [0.1, 0.15) is 11.6 Å². The lowest BCUT2D eigenvalue weighted by atomic mass is 10.2. The molecule has 1 aliphatic rings. The van der Waals surface area contributed by atoms with E-state index in [0.717, 1.165) is 31.7 Å². The Morgan fingerprint density at radius 1 is 1.42 bits per heavy atom. The van der Waals surface area contributed by atoms with Crippen molar-refractivity contribution in [1.82, 2.24) is 5.32 Å². The molecule has 0 heterocycles. The lowest BCUT2D eigenvalue weighted by Crippen LogP contribution is -2.35. The molecule has 1 saturated carbocycles. The van der Waals surface area contributed by atoms with E-state index < -0.39 is 16.6 Å². The van der Waals surface area contributed by atoms with E-state index in [4.69, 9.17) is 5.73 Å². The summed E-state index contributed by atoms with van der Waals surface area (Å²) in [7, 11) is -1.68. The maximum absolute atomic E-state index is 13.6. The van der Waals surface area contributed by atoms with Crippen molar-refractivity contribution in [1.29, 1.82) is 0 Å². The molecular formula is C13H17FN2O2S. The number of nitrogens with one attached hydrogen (secondary N) is 1. The number of hydrogen-bond acceptors (Lipinski definition) is 3. The summed E-state index contributed by atoms with van der Waals surface area (Å²) in [5.41, 5.74) is 5.69. The zero-order valence-corrected chi connectivity index (χ0v) is 11.3. The molecule has 1 aliphatic carbocycles. The lowest BCUT2D eigenvalue weighted by molar-refractivity contribution is -0.119. The Kier molecular flexibility index (Phi) is 4.52. The number of rotatable bonds is 4. The monoisotopic (exact) mass is 284 g/mol. The molecule has 1 unspecified atom stereocenters. The maximum Gasteiger partial charge on any atom is 0.233 e. The summed E-state index contributed by atoms with van der Waals surface area (Å²) in [6.45, 7) is 0. The molecule has 1 fully saturated rings. The van der Waals surface area contributed by atoms with Crippen molar-refractivity contribution in [3.63, 3.8) is 0 Å². The molecule has 104 valence electrons. The van der Waals surface area contributed by atoms with E-state index in [-0.39, 0.29) is 28.3 Å². The zero-order chi connectivity index (χ0) is 13.8. The molecule has 2 rings (SSSR count). The molecule has 0 spiro atoms. The van der Waals surface area contributed by atoms with Crippen LogP contribution in [-0.4, -0.2) is 21.9 Å².